The molecule has 1 aromatic rings. The highest BCUT2D eigenvalue weighted by molar-refractivity contribution is 5.34. The van der Waals surface area contributed by atoms with Crippen LogP contribution in [0.2, 0.25) is 0 Å². The Morgan fingerprint density at radius 2 is 2.18 bits per heavy atom. The van der Waals surface area contributed by atoms with Crippen LogP contribution in [0.3, 0.4) is 0 Å². The second kappa shape index (κ2) is 5.02. The maximum Gasteiger partial charge on any atom is 0.123 e. The van der Waals surface area contributed by atoms with E-state index in [0.29, 0.717) is 17.8 Å². The molecule has 94 valence electrons. The Bertz CT molecular complexity index is 369. The zero-order valence-corrected chi connectivity index (χ0v) is 10.9. The molecule has 3 N–H and O–H groups in total. The fourth-order valence-electron chi connectivity index (χ4n) is 2.67. The van der Waals surface area contributed by atoms with Crippen LogP contribution in [0.25, 0.3) is 0 Å². The lowest BCUT2D eigenvalue weighted by molar-refractivity contribution is 0.253. The van der Waals surface area contributed by atoms with E-state index in [4.69, 9.17) is 5.73 Å². The highest BCUT2D eigenvalue weighted by Gasteiger charge is 2.28. The summed E-state index contributed by atoms with van der Waals surface area (Å²) in [6.45, 7) is 4.20. The first-order valence-electron chi connectivity index (χ1n) is 6.16. The summed E-state index contributed by atoms with van der Waals surface area (Å²) in [5, 5.41) is 3.45. The van der Waals surface area contributed by atoms with E-state index in [1.54, 1.807) is 0 Å². The first kappa shape index (κ1) is 12.3. The normalized spacial score (nSPS) is 24.5. The molecule has 0 saturated carbocycles. The third-order valence-corrected chi connectivity index (χ3v) is 3.48. The van der Waals surface area contributed by atoms with Crippen LogP contribution in [-0.4, -0.2) is 43.1 Å². The zero-order valence-electron chi connectivity index (χ0n) is 10.9. The van der Waals surface area contributed by atoms with E-state index in [1.807, 2.05) is 6.07 Å². The van der Waals surface area contributed by atoms with Gasteiger partial charge in [-0.2, -0.15) is 0 Å². The third kappa shape index (κ3) is 2.96. The van der Waals surface area contributed by atoms with Gasteiger partial charge in [0.05, 0.1) is 0 Å². The highest BCUT2D eigenvalue weighted by atomic mass is 15.2. The van der Waals surface area contributed by atoms with Gasteiger partial charge in [0.1, 0.15) is 5.82 Å². The van der Waals surface area contributed by atoms with E-state index < -0.39 is 0 Å². The van der Waals surface area contributed by atoms with Crippen molar-refractivity contribution in [1.29, 1.82) is 0 Å². The molecule has 1 fully saturated rings. The standard InChI is InChI=1S/C13H22N4/c1-9-4-11(16-13(14)5-9)6-10-7-15-8-12(10)17(2)3/h4-5,10,12,15H,6-8H2,1-3H3,(H2,14,16)/t10-,12+/m1/s1. The van der Waals surface area contributed by atoms with Crippen LogP contribution >= 0.6 is 0 Å². The largest absolute Gasteiger partial charge is 0.384 e. The number of nitrogens with two attached hydrogens (primary N) is 1. The number of likely N-dealkylation sites (N-methyl/N-ethyl adjacent to an activating group) is 1. The summed E-state index contributed by atoms with van der Waals surface area (Å²) in [6.07, 6.45) is 1.00. The Labute approximate surface area is 103 Å². The van der Waals surface area contributed by atoms with Gasteiger partial charge in [-0.3, -0.25) is 0 Å². The highest BCUT2D eigenvalue weighted by Crippen LogP contribution is 2.19. The lowest BCUT2D eigenvalue weighted by Gasteiger charge is -2.25. The van der Waals surface area contributed by atoms with Crippen LogP contribution in [0, 0.1) is 12.8 Å². The topological polar surface area (TPSA) is 54.2 Å². The third-order valence-electron chi connectivity index (χ3n) is 3.48. The van der Waals surface area contributed by atoms with Crippen molar-refractivity contribution >= 4 is 5.82 Å². The van der Waals surface area contributed by atoms with Gasteiger partial charge in [-0.15, -0.1) is 0 Å². The molecule has 0 spiro atoms. The second-order valence-electron chi connectivity index (χ2n) is 5.21. The van der Waals surface area contributed by atoms with E-state index in [-0.39, 0.29) is 0 Å². The Kier molecular flexibility index (Phi) is 3.64. The molecule has 1 saturated heterocycles. The van der Waals surface area contributed by atoms with Crippen molar-refractivity contribution in [2.24, 2.45) is 5.92 Å². The number of nitrogen functional groups attached to an aromatic ring is 1. The first-order chi connectivity index (χ1) is 8.06. The molecule has 1 aliphatic rings. The van der Waals surface area contributed by atoms with Crippen molar-refractivity contribution in [3.63, 3.8) is 0 Å². The van der Waals surface area contributed by atoms with E-state index in [9.17, 15) is 0 Å². The van der Waals surface area contributed by atoms with Crippen LogP contribution in [0.1, 0.15) is 11.3 Å². The van der Waals surface area contributed by atoms with E-state index in [2.05, 4.69) is 42.3 Å². The summed E-state index contributed by atoms with van der Waals surface area (Å²) < 4.78 is 0. The molecule has 1 aliphatic heterocycles. The molecule has 0 amide bonds. The average Bonchev–Trinajstić information content (AvgIpc) is 2.63. The van der Waals surface area contributed by atoms with Crippen molar-refractivity contribution in [2.45, 2.75) is 19.4 Å². The molecule has 2 atom stereocenters. The number of hydrogen-bond donors (Lipinski definition) is 2. The number of rotatable bonds is 3. The van der Waals surface area contributed by atoms with Crippen LogP contribution in [-0.2, 0) is 6.42 Å². The van der Waals surface area contributed by atoms with E-state index in [1.165, 1.54) is 5.56 Å². The molecule has 4 nitrogen and oxygen atoms in total. The SMILES string of the molecule is Cc1cc(N)nc(C[C@@H]2CNC[C@@H]2N(C)C)c1. The van der Waals surface area contributed by atoms with Crippen molar-refractivity contribution in [1.82, 2.24) is 15.2 Å². The number of anilines is 1. The maximum atomic E-state index is 5.79. The number of pyridine rings is 1. The van der Waals surface area contributed by atoms with Crippen LogP contribution in [0.15, 0.2) is 12.1 Å². The molecule has 2 heterocycles. The molecule has 0 unspecified atom stereocenters. The van der Waals surface area contributed by atoms with Crippen LogP contribution in [0.5, 0.6) is 0 Å². The van der Waals surface area contributed by atoms with Crippen molar-refractivity contribution < 1.29 is 0 Å². The monoisotopic (exact) mass is 234 g/mol. The smallest absolute Gasteiger partial charge is 0.123 e. The predicted molar refractivity (Wildman–Crippen MR) is 70.9 cm³/mol. The molecule has 0 radical (unpaired) electrons. The predicted octanol–water partition coefficient (Wildman–Crippen LogP) is 0.664. The van der Waals surface area contributed by atoms with E-state index in [0.717, 1.165) is 25.2 Å². The van der Waals surface area contributed by atoms with Crippen molar-refractivity contribution in [3.8, 4) is 0 Å². The van der Waals surface area contributed by atoms with Crippen LogP contribution < -0.4 is 11.1 Å². The molecule has 0 aromatic carbocycles. The number of aromatic nitrogens is 1. The average molecular weight is 234 g/mol. The summed E-state index contributed by atoms with van der Waals surface area (Å²) in [5.74, 6) is 1.26. The number of nitrogens with one attached hydrogen (secondary N) is 1. The summed E-state index contributed by atoms with van der Waals surface area (Å²) in [4.78, 5) is 6.72. The fourth-order valence-corrected chi connectivity index (χ4v) is 2.67. The summed E-state index contributed by atoms with van der Waals surface area (Å²) in [5.41, 5.74) is 8.10. The molecular formula is C13H22N4. The minimum absolute atomic E-state index is 0.596. The lowest BCUT2D eigenvalue weighted by Crippen LogP contribution is -2.35. The summed E-state index contributed by atoms with van der Waals surface area (Å²) in [7, 11) is 4.28. The van der Waals surface area contributed by atoms with Gasteiger partial charge in [0.25, 0.3) is 0 Å². The van der Waals surface area contributed by atoms with Gasteiger partial charge in [-0.1, -0.05) is 0 Å². The minimum Gasteiger partial charge on any atom is -0.384 e. The molecule has 2 rings (SSSR count). The quantitative estimate of drug-likeness (QED) is 0.807. The van der Waals surface area contributed by atoms with Gasteiger partial charge >= 0.3 is 0 Å². The van der Waals surface area contributed by atoms with Crippen molar-refractivity contribution in [3.05, 3.63) is 23.4 Å². The molecule has 0 aliphatic carbocycles. The molecular weight excluding hydrogens is 212 g/mol. The van der Waals surface area contributed by atoms with Gasteiger partial charge in [-0.25, -0.2) is 4.98 Å². The molecule has 17 heavy (non-hydrogen) atoms. The maximum absolute atomic E-state index is 5.79. The summed E-state index contributed by atoms with van der Waals surface area (Å²) in [6, 6.07) is 4.65. The van der Waals surface area contributed by atoms with Gasteiger partial charge in [0.2, 0.25) is 0 Å². The molecule has 1 aromatic heterocycles. The van der Waals surface area contributed by atoms with Crippen molar-refractivity contribution in [2.75, 3.05) is 32.9 Å². The Hall–Kier alpha value is -1.13. The second-order valence-corrected chi connectivity index (χ2v) is 5.21. The van der Waals surface area contributed by atoms with Gasteiger partial charge in [0.15, 0.2) is 0 Å². The summed E-state index contributed by atoms with van der Waals surface area (Å²) >= 11 is 0. The van der Waals surface area contributed by atoms with E-state index >= 15 is 0 Å². The van der Waals surface area contributed by atoms with Gasteiger partial charge in [0, 0.05) is 18.3 Å². The van der Waals surface area contributed by atoms with Gasteiger partial charge < -0.3 is 16.0 Å². The minimum atomic E-state index is 0.596. The lowest BCUT2D eigenvalue weighted by atomic mass is 9.96. The van der Waals surface area contributed by atoms with Crippen LogP contribution in [0.4, 0.5) is 5.82 Å². The Balaban J connectivity index is 2.09. The van der Waals surface area contributed by atoms with Gasteiger partial charge in [-0.05, 0) is 57.6 Å². The molecule has 0 bridgehead atoms. The Morgan fingerprint density at radius 3 is 2.82 bits per heavy atom. The molecule has 4 heteroatoms. The Morgan fingerprint density at radius 1 is 1.41 bits per heavy atom. The number of hydrogen-bond acceptors (Lipinski definition) is 4. The zero-order chi connectivity index (χ0) is 12.4. The number of aryl methyl sites for hydroxylation is 1. The first-order valence-corrected chi connectivity index (χ1v) is 6.16. The number of nitrogens with zero attached hydrogens (tertiary/aromatic N) is 2. The fraction of sp³-hybridized carbons (Fsp3) is 0.615.